The third-order valence-electron chi connectivity index (χ3n) is 2.42. The average Bonchev–Trinajstić information content (AvgIpc) is 2.26. The van der Waals surface area contributed by atoms with Gasteiger partial charge in [-0.1, -0.05) is 12.1 Å². The molecule has 1 unspecified atom stereocenters. The van der Waals surface area contributed by atoms with Crippen LogP contribution < -0.4 is 0 Å². The van der Waals surface area contributed by atoms with Crippen LogP contribution in [-0.4, -0.2) is 24.5 Å². The van der Waals surface area contributed by atoms with Gasteiger partial charge in [0.15, 0.2) is 9.84 Å². The normalized spacial score (nSPS) is 13.4. The van der Waals surface area contributed by atoms with Crippen molar-refractivity contribution in [2.75, 3.05) is 5.88 Å². The molecule has 1 rings (SSSR count). The molecule has 0 fully saturated rings. The van der Waals surface area contributed by atoms with Crippen molar-refractivity contribution in [3.05, 3.63) is 33.9 Å². The fourth-order valence-electron chi connectivity index (χ4n) is 1.44. The number of halogens is 1. The van der Waals surface area contributed by atoms with Gasteiger partial charge < -0.3 is 0 Å². The zero-order chi connectivity index (χ0) is 13.2. The third kappa shape index (κ3) is 2.58. The SMILES string of the molecule is Cc1cccc([N+](=O)[O-])c1S(=O)(=O)C(C)CCl. The molecule has 0 aromatic heterocycles. The summed E-state index contributed by atoms with van der Waals surface area (Å²) in [4.78, 5) is 9.91. The van der Waals surface area contributed by atoms with Crippen LogP contribution in [0.1, 0.15) is 12.5 Å². The molecule has 0 aliphatic rings. The molecule has 0 amide bonds. The summed E-state index contributed by atoms with van der Waals surface area (Å²) in [6.07, 6.45) is 0. The highest BCUT2D eigenvalue weighted by atomic mass is 35.5. The molecular formula is C10H12ClNO4S. The van der Waals surface area contributed by atoms with Crippen LogP contribution >= 0.6 is 11.6 Å². The zero-order valence-corrected chi connectivity index (χ0v) is 11.0. The molecule has 1 aromatic rings. The second-order valence-corrected chi connectivity index (χ2v) is 6.30. The van der Waals surface area contributed by atoms with Crippen molar-refractivity contribution in [3.8, 4) is 0 Å². The van der Waals surface area contributed by atoms with Gasteiger partial charge in [-0.05, 0) is 19.4 Å². The van der Waals surface area contributed by atoms with Crippen molar-refractivity contribution in [1.82, 2.24) is 0 Å². The van der Waals surface area contributed by atoms with E-state index in [0.717, 1.165) is 0 Å². The summed E-state index contributed by atoms with van der Waals surface area (Å²) < 4.78 is 24.2. The van der Waals surface area contributed by atoms with Gasteiger partial charge in [-0.2, -0.15) is 0 Å². The average molecular weight is 278 g/mol. The number of nitro benzene ring substituents is 1. The Labute approximate surface area is 104 Å². The van der Waals surface area contributed by atoms with Gasteiger partial charge in [0.1, 0.15) is 4.90 Å². The Morgan fingerprint density at radius 2 is 2.06 bits per heavy atom. The van der Waals surface area contributed by atoms with E-state index >= 15 is 0 Å². The Kier molecular flexibility index (Phi) is 4.11. The lowest BCUT2D eigenvalue weighted by atomic mass is 10.2. The van der Waals surface area contributed by atoms with Gasteiger partial charge in [-0.25, -0.2) is 8.42 Å². The number of hydrogen-bond acceptors (Lipinski definition) is 4. The summed E-state index contributed by atoms with van der Waals surface area (Å²) >= 11 is 5.52. The van der Waals surface area contributed by atoms with Gasteiger partial charge >= 0.3 is 0 Å². The zero-order valence-electron chi connectivity index (χ0n) is 9.38. The highest BCUT2D eigenvalue weighted by Gasteiger charge is 2.31. The molecule has 0 heterocycles. The molecule has 1 aromatic carbocycles. The predicted molar refractivity (Wildman–Crippen MR) is 65.2 cm³/mol. The van der Waals surface area contributed by atoms with Crippen molar-refractivity contribution in [2.45, 2.75) is 24.0 Å². The maximum Gasteiger partial charge on any atom is 0.288 e. The van der Waals surface area contributed by atoms with Gasteiger partial charge in [0.25, 0.3) is 5.69 Å². The van der Waals surface area contributed by atoms with E-state index in [1.807, 2.05) is 0 Å². The van der Waals surface area contributed by atoms with Crippen LogP contribution in [0, 0.1) is 17.0 Å². The van der Waals surface area contributed by atoms with E-state index in [0.29, 0.717) is 5.56 Å². The summed E-state index contributed by atoms with van der Waals surface area (Å²) in [5.74, 6) is -0.103. The molecule has 0 aliphatic heterocycles. The first kappa shape index (κ1) is 13.9. The Bertz CT molecular complexity index is 541. The summed E-state index contributed by atoms with van der Waals surface area (Å²) in [5, 5.41) is 9.98. The lowest BCUT2D eigenvalue weighted by Gasteiger charge is -2.12. The minimum absolute atomic E-state index is 0.103. The van der Waals surface area contributed by atoms with Crippen LogP contribution in [0.15, 0.2) is 23.1 Å². The van der Waals surface area contributed by atoms with E-state index in [1.54, 1.807) is 0 Å². The van der Waals surface area contributed by atoms with Gasteiger partial charge in [0.2, 0.25) is 0 Å². The topological polar surface area (TPSA) is 77.3 Å². The Hall–Kier alpha value is -1.14. The number of nitro groups is 1. The molecule has 0 saturated heterocycles. The molecule has 0 saturated carbocycles. The number of sulfone groups is 1. The van der Waals surface area contributed by atoms with Crippen molar-refractivity contribution < 1.29 is 13.3 Å². The Balaban J connectivity index is 3.56. The molecule has 5 nitrogen and oxygen atoms in total. The molecule has 0 aliphatic carbocycles. The van der Waals surface area contributed by atoms with Gasteiger partial charge in [-0.15, -0.1) is 11.6 Å². The molecule has 0 N–H and O–H groups in total. The molecule has 0 spiro atoms. The second-order valence-electron chi connectivity index (χ2n) is 3.69. The minimum atomic E-state index is -3.77. The van der Waals surface area contributed by atoms with E-state index < -0.39 is 25.7 Å². The fraction of sp³-hybridized carbons (Fsp3) is 0.400. The lowest BCUT2D eigenvalue weighted by molar-refractivity contribution is -0.387. The monoisotopic (exact) mass is 277 g/mol. The number of alkyl halides is 1. The summed E-state index contributed by atoms with van der Waals surface area (Å²) in [6, 6.07) is 4.17. The summed E-state index contributed by atoms with van der Waals surface area (Å²) in [7, 11) is -3.77. The quantitative estimate of drug-likeness (QED) is 0.481. The minimum Gasteiger partial charge on any atom is -0.258 e. The number of hydrogen-bond donors (Lipinski definition) is 0. The van der Waals surface area contributed by atoms with Crippen molar-refractivity contribution in [2.24, 2.45) is 0 Å². The van der Waals surface area contributed by atoms with Crippen molar-refractivity contribution in [3.63, 3.8) is 0 Å². The maximum atomic E-state index is 12.1. The molecule has 7 heteroatoms. The van der Waals surface area contributed by atoms with Crippen LogP contribution in [0.2, 0.25) is 0 Å². The summed E-state index contributed by atoms with van der Waals surface area (Å²) in [6.45, 7) is 2.96. The smallest absolute Gasteiger partial charge is 0.258 e. The van der Waals surface area contributed by atoms with E-state index in [9.17, 15) is 18.5 Å². The van der Waals surface area contributed by atoms with E-state index in [2.05, 4.69) is 0 Å². The molecule has 17 heavy (non-hydrogen) atoms. The molecule has 94 valence electrons. The van der Waals surface area contributed by atoms with Gasteiger partial charge in [0.05, 0.1) is 10.2 Å². The first-order valence-corrected chi connectivity index (χ1v) is 6.94. The lowest BCUT2D eigenvalue weighted by Crippen LogP contribution is -2.21. The van der Waals surface area contributed by atoms with Crippen LogP contribution in [0.3, 0.4) is 0 Å². The van der Waals surface area contributed by atoms with Gasteiger partial charge in [-0.3, -0.25) is 10.1 Å². The number of rotatable bonds is 4. The Morgan fingerprint density at radius 1 is 1.47 bits per heavy atom. The van der Waals surface area contributed by atoms with E-state index in [-0.39, 0.29) is 10.8 Å². The van der Waals surface area contributed by atoms with Gasteiger partial charge in [0, 0.05) is 11.9 Å². The second kappa shape index (κ2) is 5.01. The molecular weight excluding hydrogens is 266 g/mol. The Morgan fingerprint density at radius 3 is 2.53 bits per heavy atom. The first-order chi connectivity index (χ1) is 7.82. The number of benzene rings is 1. The molecule has 0 bridgehead atoms. The van der Waals surface area contributed by atoms with Crippen LogP contribution in [0.25, 0.3) is 0 Å². The number of aryl methyl sites for hydroxylation is 1. The highest BCUT2D eigenvalue weighted by Crippen LogP contribution is 2.30. The van der Waals surface area contributed by atoms with Crippen molar-refractivity contribution >= 4 is 27.1 Å². The summed E-state index contributed by atoms with van der Waals surface area (Å²) in [5.41, 5.74) is -0.0434. The van der Waals surface area contributed by atoms with Crippen LogP contribution in [-0.2, 0) is 9.84 Å². The molecule has 0 radical (unpaired) electrons. The first-order valence-electron chi connectivity index (χ1n) is 4.86. The predicted octanol–water partition coefficient (Wildman–Crippen LogP) is 2.30. The number of nitrogens with zero attached hydrogens (tertiary/aromatic N) is 1. The van der Waals surface area contributed by atoms with E-state index in [4.69, 9.17) is 11.6 Å². The van der Waals surface area contributed by atoms with Crippen LogP contribution in [0.4, 0.5) is 5.69 Å². The fourth-order valence-corrected chi connectivity index (χ4v) is 3.45. The maximum absolute atomic E-state index is 12.1. The standard InChI is InChI=1S/C10H12ClNO4S/c1-7-4-3-5-9(12(13)14)10(7)17(15,16)8(2)6-11/h3-5,8H,6H2,1-2H3. The van der Waals surface area contributed by atoms with E-state index in [1.165, 1.54) is 32.0 Å². The van der Waals surface area contributed by atoms with Crippen LogP contribution in [0.5, 0.6) is 0 Å². The molecule has 1 atom stereocenters. The highest BCUT2D eigenvalue weighted by molar-refractivity contribution is 7.92. The largest absolute Gasteiger partial charge is 0.288 e. The van der Waals surface area contributed by atoms with Crippen molar-refractivity contribution in [1.29, 1.82) is 0 Å². The third-order valence-corrected chi connectivity index (χ3v) is 5.39.